The van der Waals surface area contributed by atoms with Crippen LogP contribution in [0.4, 0.5) is 5.69 Å². The van der Waals surface area contributed by atoms with Crippen molar-refractivity contribution in [2.75, 3.05) is 11.9 Å². The summed E-state index contributed by atoms with van der Waals surface area (Å²) >= 11 is 13.3. The Bertz CT molecular complexity index is 1000. The number of esters is 1. The lowest BCUT2D eigenvalue weighted by atomic mass is 10.2. The molecule has 3 aromatic rings. The first-order chi connectivity index (χ1) is 12.9. The Morgan fingerprint density at radius 1 is 1.19 bits per heavy atom. The van der Waals surface area contributed by atoms with Gasteiger partial charge in [-0.15, -0.1) is 11.3 Å². The molecule has 1 heterocycles. The maximum Gasteiger partial charge on any atom is 0.358 e. The summed E-state index contributed by atoms with van der Waals surface area (Å²) in [7, 11) is 0. The molecule has 1 N–H and O–H groups in total. The van der Waals surface area contributed by atoms with E-state index in [1.54, 1.807) is 48.7 Å². The highest BCUT2D eigenvalue weighted by Gasteiger charge is 2.15. The largest absolute Gasteiger partial charge is 0.451 e. The zero-order valence-corrected chi connectivity index (χ0v) is 16.5. The van der Waals surface area contributed by atoms with Crippen LogP contribution >= 0.6 is 34.5 Å². The quantitative estimate of drug-likeness (QED) is 0.574. The number of aromatic nitrogens is 1. The smallest absolute Gasteiger partial charge is 0.358 e. The van der Waals surface area contributed by atoms with Gasteiger partial charge >= 0.3 is 5.97 Å². The Morgan fingerprint density at radius 2 is 1.96 bits per heavy atom. The molecule has 0 saturated heterocycles. The van der Waals surface area contributed by atoms with Crippen LogP contribution in [-0.2, 0) is 9.53 Å². The molecule has 3 rings (SSSR count). The maximum absolute atomic E-state index is 12.1. The molecule has 8 heteroatoms. The van der Waals surface area contributed by atoms with Crippen molar-refractivity contribution in [1.82, 2.24) is 4.98 Å². The van der Waals surface area contributed by atoms with Crippen molar-refractivity contribution < 1.29 is 14.3 Å². The van der Waals surface area contributed by atoms with Gasteiger partial charge in [-0.25, -0.2) is 9.78 Å². The fourth-order valence-corrected chi connectivity index (χ4v) is 3.41. The number of carbonyl (C=O) groups excluding carboxylic acids is 2. The van der Waals surface area contributed by atoms with E-state index in [0.29, 0.717) is 20.7 Å². The molecule has 0 aliphatic carbocycles. The highest BCUT2D eigenvalue weighted by molar-refractivity contribution is 7.13. The molecule has 0 fully saturated rings. The van der Waals surface area contributed by atoms with Gasteiger partial charge in [-0.3, -0.25) is 4.79 Å². The second kappa shape index (κ2) is 8.52. The number of nitrogens with one attached hydrogen (secondary N) is 1. The van der Waals surface area contributed by atoms with Crippen LogP contribution in [0.3, 0.4) is 0 Å². The summed E-state index contributed by atoms with van der Waals surface area (Å²) in [5.74, 6) is -1.13. The van der Waals surface area contributed by atoms with Gasteiger partial charge in [-0.1, -0.05) is 41.4 Å². The molecule has 5 nitrogen and oxygen atoms in total. The molecular weight excluding hydrogens is 407 g/mol. The maximum atomic E-state index is 12.1. The van der Waals surface area contributed by atoms with Gasteiger partial charge in [0.15, 0.2) is 12.3 Å². The number of hydrogen-bond donors (Lipinski definition) is 1. The van der Waals surface area contributed by atoms with E-state index in [1.807, 2.05) is 6.07 Å². The van der Waals surface area contributed by atoms with Crippen molar-refractivity contribution >= 4 is 52.1 Å². The van der Waals surface area contributed by atoms with Crippen LogP contribution in [0.2, 0.25) is 10.0 Å². The molecule has 1 amide bonds. The minimum Gasteiger partial charge on any atom is -0.451 e. The van der Waals surface area contributed by atoms with E-state index >= 15 is 0 Å². The SMILES string of the molecule is Cc1c(Cl)cccc1NC(=O)COC(=O)c1csc(-c2cccc(Cl)c2)n1. The van der Waals surface area contributed by atoms with Crippen molar-refractivity contribution in [2.24, 2.45) is 0 Å². The number of nitrogens with zero attached hydrogens (tertiary/aromatic N) is 1. The van der Waals surface area contributed by atoms with Crippen LogP contribution in [0.25, 0.3) is 10.6 Å². The molecular formula is C19H14Cl2N2O3S. The molecule has 138 valence electrons. The summed E-state index contributed by atoms with van der Waals surface area (Å²) in [6.07, 6.45) is 0. The Kier molecular flexibility index (Phi) is 6.11. The molecule has 1 aromatic heterocycles. The molecule has 2 aromatic carbocycles. The topological polar surface area (TPSA) is 68.3 Å². The molecule has 0 unspecified atom stereocenters. The average molecular weight is 421 g/mol. The van der Waals surface area contributed by atoms with Gasteiger partial charge in [0.05, 0.1) is 0 Å². The predicted octanol–water partition coefficient (Wildman–Crippen LogP) is 5.22. The second-order valence-corrected chi connectivity index (χ2v) is 7.29. The van der Waals surface area contributed by atoms with Gasteiger partial charge in [0, 0.05) is 26.7 Å². The summed E-state index contributed by atoms with van der Waals surface area (Å²) in [6, 6.07) is 12.3. The Morgan fingerprint density at radius 3 is 2.74 bits per heavy atom. The van der Waals surface area contributed by atoms with Crippen molar-refractivity contribution in [2.45, 2.75) is 6.92 Å². The van der Waals surface area contributed by atoms with E-state index < -0.39 is 18.5 Å². The molecule has 0 spiro atoms. The monoisotopic (exact) mass is 420 g/mol. The van der Waals surface area contributed by atoms with Crippen molar-refractivity contribution in [3.05, 3.63) is 69.1 Å². The number of thiazole rings is 1. The molecule has 0 saturated carbocycles. The van der Waals surface area contributed by atoms with Gasteiger partial charge in [-0.05, 0) is 36.8 Å². The minimum absolute atomic E-state index is 0.140. The van der Waals surface area contributed by atoms with Gasteiger partial charge in [-0.2, -0.15) is 0 Å². The molecule has 0 aliphatic heterocycles. The lowest BCUT2D eigenvalue weighted by molar-refractivity contribution is -0.119. The number of anilines is 1. The fraction of sp³-hybridized carbons (Fsp3) is 0.105. The van der Waals surface area contributed by atoms with Gasteiger partial charge in [0.2, 0.25) is 0 Å². The Labute approximate surface area is 169 Å². The third kappa shape index (κ3) is 4.86. The minimum atomic E-state index is -0.669. The second-order valence-electron chi connectivity index (χ2n) is 5.58. The Balaban J connectivity index is 1.59. The zero-order chi connectivity index (χ0) is 19.4. The third-order valence-corrected chi connectivity index (χ3v) is 5.20. The van der Waals surface area contributed by atoms with Crippen LogP contribution in [0.5, 0.6) is 0 Å². The Hall–Kier alpha value is -2.41. The fourth-order valence-electron chi connectivity index (χ4n) is 2.26. The van der Waals surface area contributed by atoms with E-state index in [1.165, 1.54) is 11.3 Å². The summed E-state index contributed by atoms with van der Waals surface area (Å²) in [5, 5.41) is 6.01. The molecule has 0 radical (unpaired) electrons. The van der Waals surface area contributed by atoms with Crippen LogP contribution < -0.4 is 5.32 Å². The van der Waals surface area contributed by atoms with Crippen molar-refractivity contribution in [3.63, 3.8) is 0 Å². The van der Waals surface area contributed by atoms with E-state index in [2.05, 4.69) is 10.3 Å². The summed E-state index contributed by atoms with van der Waals surface area (Å²) in [5.41, 5.74) is 2.26. The van der Waals surface area contributed by atoms with E-state index in [9.17, 15) is 9.59 Å². The summed E-state index contributed by atoms with van der Waals surface area (Å²) < 4.78 is 5.04. The number of amides is 1. The standard InChI is InChI=1S/C19H14Cl2N2O3S/c1-11-14(21)6-3-7-15(11)22-17(24)9-26-19(25)16-10-27-18(23-16)12-4-2-5-13(20)8-12/h2-8,10H,9H2,1H3,(H,22,24). The number of halogens is 2. The molecule has 0 aliphatic rings. The van der Waals surface area contributed by atoms with Crippen LogP contribution in [0.15, 0.2) is 47.8 Å². The molecule has 27 heavy (non-hydrogen) atoms. The number of hydrogen-bond acceptors (Lipinski definition) is 5. The number of ether oxygens (including phenoxy) is 1. The van der Waals surface area contributed by atoms with Crippen LogP contribution in [0.1, 0.15) is 16.1 Å². The summed E-state index contributed by atoms with van der Waals surface area (Å²) in [6.45, 7) is 1.37. The first-order valence-electron chi connectivity index (χ1n) is 7.87. The highest BCUT2D eigenvalue weighted by atomic mass is 35.5. The van der Waals surface area contributed by atoms with Crippen LogP contribution in [-0.4, -0.2) is 23.5 Å². The number of carbonyl (C=O) groups is 2. The number of benzene rings is 2. The third-order valence-electron chi connectivity index (χ3n) is 3.66. The first-order valence-corrected chi connectivity index (χ1v) is 9.51. The first kappa shape index (κ1) is 19.4. The number of rotatable bonds is 5. The van der Waals surface area contributed by atoms with Crippen LogP contribution in [0, 0.1) is 6.92 Å². The average Bonchev–Trinajstić information content (AvgIpc) is 3.14. The van der Waals surface area contributed by atoms with E-state index in [0.717, 1.165) is 11.1 Å². The molecule has 0 atom stereocenters. The van der Waals surface area contributed by atoms with Gasteiger partial charge in [0.1, 0.15) is 5.01 Å². The van der Waals surface area contributed by atoms with E-state index in [4.69, 9.17) is 27.9 Å². The van der Waals surface area contributed by atoms with Gasteiger partial charge < -0.3 is 10.1 Å². The summed E-state index contributed by atoms with van der Waals surface area (Å²) in [4.78, 5) is 28.4. The lowest BCUT2D eigenvalue weighted by Gasteiger charge is -2.09. The van der Waals surface area contributed by atoms with Crippen molar-refractivity contribution in [3.8, 4) is 10.6 Å². The normalized spacial score (nSPS) is 10.5. The van der Waals surface area contributed by atoms with Gasteiger partial charge in [0.25, 0.3) is 5.91 Å². The predicted molar refractivity (Wildman–Crippen MR) is 108 cm³/mol. The molecule has 0 bridgehead atoms. The highest BCUT2D eigenvalue weighted by Crippen LogP contribution is 2.26. The lowest BCUT2D eigenvalue weighted by Crippen LogP contribution is -2.21. The zero-order valence-electron chi connectivity index (χ0n) is 14.2. The van der Waals surface area contributed by atoms with E-state index in [-0.39, 0.29) is 5.69 Å². The van der Waals surface area contributed by atoms with Crippen molar-refractivity contribution in [1.29, 1.82) is 0 Å².